The monoisotopic (exact) mass is 397 g/mol. The minimum Gasteiger partial charge on any atom is -0.496 e. The van der Waals surface area contributed by atoms with Gasteiger partial charge in [0, 0.05) is 33.8 Å². The van der Waals surface area contributed by atoms with E-state index in [1.54, 1.807) is 19.4 Å². The van der Waals surface area contributed by atoms with Crippen molar-refractivity contribution in [2.24, 2.45) is 0 Å². The Labute approximate surface area is 175 Å². The average molecular weight is 397 g/mol. The van der Waals surface area contributed by atoms with E-state index in [2.05, 4.69) is 17.4 Å². The number of allylic oxidation sites excluding steroid dienone is 1. The Morgan fingerprint density at radius 3 is 2.37 bits per heavy atom. The third-order valence-corrected chi connectivity index (χ3v) is 5.15. The first-order valence-electron chi connectivity index (χ1n) is 9.77. The van der Waals surface area contributed by atoms with Crippen LogP contribution in [0.2, 0.25) is 0 Å². The molecule has 4 heteroatoms. The van der Waals surface area contributed by atoms with Gasteiger partial charge in [-0.05, 0) is 43.2 Å². The number of fused-ring (bicyclic) bond motifs is 1. The number of para-hydroxylation sites is 1. The lowest BCUT2D eigenvalue weighted by molar-refractivity contribution is -0.111. The highest BCUT2D eigenvalue weighted by atomic mass is 16.5. The molecule has 0 radical (unpaired) electrons. The average Bonchev–Trinajstić information content (AvgIpc) is 3.19. The summed E-state index contributed by atoms with van der Waals surface area (Å²) in [6.07, 6.45) is 3.37. The third kappa shape index (κ3) is 3.72. The van der Waals surface area contributed by atoms with Crippen molar-refractivity contribution in [3.05, 3.63) is 90.2 Å². The third-order valence-electron chi connectivity index (χ3n) is 5.15. The largest absolute Gasteiger partial charge is 0.496 e. The van der Waals surface area contributed by atoms with Gasteiger partial charge in [0.1, 0.15) is 11.3 Å². The van der Waals surface area contributed by atoms with Crippen LogP contribution in [0.3, 0.4) is 0 Å². The smallest absolute Gasteiger partial charge is 0.248 e. The number of ether oxygens (including phenoxy) is 1. The van der Waals surface area contributed by atoms with Gasteiger partial charge in [-0.25, -0.2) is 0 Å². The molecule has 4 aromatic rings. The quantitative estimate of drug-likeness (QED) is 0.393. The Kier molecular flexibility index (Phi) is 5.40. The van der Waals surface area contributed by atoms with Crippen LogP contribution < -0.4 is 10.1 Å². The predicted octanol–water partition coefficient (Wildman–Crippen LogP) is 6.46. The van der Waals surface area contributed by atoms with Crippen molar-refractivity contribution in [2.75, 3.05) is 12.4 Å². The van der Waals surface area contributed by atoms with Gasteiger partial charge in [-0.15, -0.1) is 0 Å². The second-order valence-corrected chi connectivity index (χ2v) is 7.16. The van der Waals surface area contributed by atoms with Gasteiger partial charge in [-0.2, -0.15) is 0 Å². The summed E-state index contributed by atoms with van der Waals surface area (Å²) >= 11 is 0. The number of methoxy groups -OCH3 is 1. The Hall–Kier alpha value is -3.79. The van der Waals surface area contributed by atoms with Crippen molar-refractivity contribution in [1.29, 1.82) is 0 Å². The van der Waals surface area contributed by atoms with Crippen LogP contribution >= 0.6 is 0 Å². The van der Waals surface area contributed by atoms with Crippen molar-refractivity contribution in [1.82, 2.24) is 0 Å². The maximum absolute atomic E-state index is 12.5. The summed E-state index contributed by atoms with van der Waals surface area (Å²) in [5.74, 6) is 0.520. The second-order valence-electron chi connectivity index (χ2n) is 7.16. The molecule has 1 N–H and O–H groups in total. The molecule has 0 aliphatic rings. The van der Waals surface area contributed by atoms with Gasteiger partial charge >= 0.3 is 0 Å². The number of carbonyl (C=O) groups excluding carboxylic acids is 1. The van der Waals surface area contributed by atoms with Crippen molar-refractivity contribution < 1.29 is 13.9 Å². The van der Waals surface area contributed by atoms with E-state index < -0.39 is 0 Å². The zero-order chi connectivity index (χ0) is 21.1. The highest BCUT2D eigenvalue weighted by Gasteiger charge is 2.18. The van der Waals surface area contributed by atoms with Crippen LogP contribution in [-0.4, -0.2) is 13.0 Å². The Balaban J connectivity index is 1.78. The minimum absolute atomic E-state index is 0.186. The Bertz CT molecular complexity index is 1220. The predicted molar refractivity (Wildman–Crippen MR) is 122 cm³/mol. The van der Waals surface area contributed by atoms with E-state index in [1.807, 2.05) is 68.4 Å². The summed E-state index contributed by atoms with van der Waals surface area (Å²) in [6, 6.07) is 21.5. The Morgan fingerprint density at radius 1 is 1.03 bits per heavy atom. The van der Waals surface area contributed by atoms with Crippen LogP contribution in [0.4, 0.5) is 5.69 Å². The lowest BCUT2D eigenvalue weighted by Crippen LogP contribution is -2.08. The van der Waals surface area contributed by atoms with Crippen LogP contribution in [0, 0.1) is 6.92 Å². The summed E-state index contributed by atoms with van der Waals surface area (Å²) in [5, 5.41) is 3.88. The number of furan rings is 1. The molecule has 1 amide bonds. The van der Waals surface area contributed by atoms with Crippen LogP contribution in [0.1, 0.15) is 18.1 Å². The van der Waals surface area contributed by atoms with E-state index >= 15 is 0 Å². The number of nitrogens with one attached hydrogen (secondary N) is 1. The Morgan fingerprint density at radius 2 is 1.70 bits per heavy atom. The molecule has 0 unspecified atom stereocenters. The molecule has 4 nitrogen and oxygen atoms in total. The molecule has 30 heavy (non-hydrogen) atoms. The molecule has 0 fully saturated rings. The van der Waals surface area contributed by atoms with Crippen LogP contribution in [-0.2, 0) is 4.79 Å². The van der Waals surface area contributed by atoms with Gasteiger partial charge in [0.05, 0.1) is 13.4 Å². The molecule has 0 saturated carbocycles. The zero-order valence-electron chi connectivity index (χ0n) is 17.2. The van der Waals surface area contributed by atoms with E-state index in [-0.39, 0.29) is 5.91 Å². The topological polar surface area (TPSA) is 51.5 Å². The summed E-state index contributed by atoms with van der Waals surface area (Å²) in [5.41, 5.74) is 6.22. The lowest BCUT2D eigenvalue weighted by atomic mass is 9.96. The molecular weight excluding hydrogens is 374 g/mol. The van der Waals surface area contributed by atoms with Gasteiger partial charge in [0.15, 0.2) is 0 Å². The SMILES string of the molecule is COc1c(/C(C)=C/C(=O)Nc2ccccc2)cc2c(-c3ccccc3)coc2c1C. The van der Waals surface area contributed by atoms with E-state index in [4.69, 9.17) is 9.15 Å². The first-order chi connectivity index (χ1) is 14.6. The fourth-order valence-electron chi connectivity index (χ4n) is 3.69. The standard InChI is InChI=1S/C26H23NO3/c1-17(14-24(28)27-20-12-8-5-9-13-20)21-15-22-23(19-10-6-4-7-11-19)16-30-26(22)18(2)25(21)29-3/h4-16H,1-3H3,(H,27,28)/b17-14+. The fraction of sp³-hybridized carbons (Fsp3) is 0.115. The van der Waals surface area contributed by atoms with Gasteiger partial charge < -0.3 is 14.5 Å². The maximum Gasteiger partial charge on any atom is 0.248 e. The number of hydrogen-bond acceptors (Lipinski definition) is 3. The van der Waals surface area contributed by atoms with E-state index in [0.717, 1.165) is 44.5 Å². The minimum atomic E-state index is -0.186. The van der Waals surface area contributed by atoms with E-state index in [0.29, 0.717) is 5.75 Å². The molecule has 0 aliphatic carbocycles. The second kappa shape index (κ2) is 8.29. The number of amides is 1. The number of rotatable bonds is 5. The molecule has 0 atom stereocenters. The van der Waals surface area contributed by atoms with Crippen LogP contribution in [0.5, 0.6) is 5.75 Å². The molecule has 0 spiro atoms. The number of benzene rings is 3. The van der Waals surface area contributed by atoms with Gasteiger partial charge in [0.2, 0.25) is 5.91 Å². The maximum atomic E-state index is 12.5. The fourth-order valence-corrected chi connectivity index (χ4v) is 3.69. The summed E-state index contributed by atoms with van der Waals surface area (Å²) in [4.78, 5) is 12.5. The van der Waals surface area contributed by atoms with Crippen LogP contribution in [0.15, 0.2) is 83.5 Å². The van der Waals surface area contributed by atoms with Gasteiger partial charge in [-0.1, -0.05) is 48.5 Å². The van der Waals surface area contributed by atoms with Crippen molar-refractivity contribution in [2.45, 2.75) is 13.8 Å². The van der Waals surface area contributed by atoms with Crippen molar-refractivity contribution >= 4 is 28.1 Å². The molecular formula is C26H23NO3. The highest BCUT2D eigenvalue weighted by Crippen LogP contribution is 2.40. The van der Waals surface area contributed by atoms with Crippen LogP contribution in [0.25, 0.3) is 27.7 Å². The molecule has 4 rings (SSSR count). The summed E-state index contributed by atoms with van der Waals surface area (Å²) in [7, 11) is 1.63. The molecule has 1 heterocycles. The zero-order valence-corrected chi connectivity index (χ0v) is 17.2. The number of aryl methyl sites for hydroxylation is 1. The number of anilines is 1. The molecule has 0 bridgehead atoms. The van der Waals surface area contributed by atoms with Crippen molar-refractivity contribution in [3.8, 4) is 16.9 Å². The normalized spacial score (nSPS) is 11.5. The summed E-state index contributed by atoms with van der Waals surface area (Å²) in [6.45, 7) is 3.89. The molecule has 1 aromatic heterocycles. The molecule has 0 aliphatic heterocycles. The first-order valence-corrected chi connectivity index (χ1v) is 9.77. The first kappa shape index (κ1) is 19.5. The molecule has 3 aromatic carbocycles. The van der Waals surface area contributed by atoms with Gasteiger partial charge in [0.25, 0.3) is 0 Å². The molecule has 150 valence electrons. The van der Waals surface area contributed by atoms with Crippen molar-refractivity contribution in [3.63, 3.8) is 0 Å². The lowest BCUT2D eigenvalue weighted by Gasteiger charge is -2.13. The van der Waals surface area contributed by atoms with E-state index in [1.165, 1.54) is 0 Å². The van der Waals surface area contributed by atoms with E-state index in [9.17, 15) is 4.79 Å². The highest BCUT2D eigenvalue weighted by molar-refractivity contribution is 6.05. The summed E-state index contributed by atoms with van der Waals surface area (Å²) < 4.78 is 11.6. The van der Waals surface area contributed by atoms with Gasteiger partial charge in [-0.3, -0.25) is 4.79 Å². The number of carbonyl (C=O) groups is 1. The molecule has 0 saturated heterocycles. The number of hydrogen-bond donors (Lipinski definition) is 1.